The van der Waals surface area contributed by atoms with Gasteiger partial charge in [-0.1, -0.05) is 27.5 Å². The zero-order chi connectivity index (χ0) is 12.7. The molecule has 0 saturated carbocycles. The van der Waals surface area contributed by atoms with Gasteiger partial charge in [-0.05, 0) is 24.3 Å². The molecule has 0 spiro atoms. The van der Waals surface area contributed by atoms with Crippen LogP contribution in [-0.2, 0) is 0 Å². The number of anilines is 1. The quantitative estimate of drug-likeness (QED) is 0.699. The molecular weight excluding hydrogens is 318 g/mol. The Balaban J connectivity index is 2.27. The van der Waals surface area contributed by atoms with Crippen LogP contribution in [0.1, 0.15) is 0 Å². The summed E-state index contributed by atoms with van der Waals surface area (Å²) < 4.78 is 2.81. The van der Waals surface area contributed by atoms with Crippen LogP contribution in [0, 0.1) is 0 Å². The molecule has 0 bridgehead atoms. The number of nitrogens with zero attached hydrogens (tertiary/aromatic N) is 4. The minimum absolute atomic E-state index is 0.131. The van der Waals surface area contributed by atoms with Gasteiger partial charge in [0.1, 0.15) is 11.8 Å². The lowest BCUT2D eigenvalue weighted by Gasteiger charge is -2.04. The van der Waals surface area contributed by atoms with E-state index in [9.17, 15) is 0 Å². The topological polar surface area (TPSA) is 69.6 Å². The zero-order valence-electron chi connectivity index (χ0n) is 9.01. The van der Waals surface area contributed by atoms with Crippen LogP contribution >= 0.6 is 27.5 Å². The van der Waals surface area contributed by atoms with Crippen molar-refractivity contribution in [1.82, 2.24) is 19.5 Å². The molecule has 0 aliphatic carbocycles. The second-order valence-electron chi connectivity index (χ2n) is 3.64. The summed E-state index contributed by atoms with van der Waals surface area (Å²) in [6.45, 7) is 0. The molecule has 0 fully saturated rings. The molecule has 5 nitrogen and oxygen atoms in total. The van der Waals surface area contributed by atoms with Crippen molar-refractivity contribution in [2.24, 2.45) is 0 Å². The van der Waals surface area contributed by atoms with Crippen molar-refractivity contribution < 1.29 is 0 Å². The summed E-state index contributed by atoms with van der Waals surface area (Å²) in [5.74, 6) is 0.131. The molecule has 3 aromatic rings. The first-order valence-corrected chi connectivity index (χ1v) is 6.24. The largest absolute Gasteiger partial charge is 0.368 e. The van der Waals surface area contributed by atoms with Crippen LogP contribution in [0.3, 0.4) is 0 Å². The standard InChI is InChI=1S/C11H7BrClN5/c12-6-1-3-7(4-2-6)18-5-15-8-9(13)16-11(14)17-10(8)18/h1-5H,(H2,14,16,17). The Morgan fingerprint density at radius 1 is 1.17 bits per heavy atom. The normalized spacial score (nSPS) is 11.0. The molecule has 0 atom stereocenters. The summed E-state index contributed by atoms with van der Waals surface area (Å²) in [4.78, 5) is 12.2. The van der Waals surface area contributed by atoms with E-state index in [1.807, 2.05) is 28.8 Å². The number of nitrogen functional groups attached to an aromatic ring is 1. The van der Waals surface area contributed by atoms with Gasteiger partial charge in [0.15, 0.2) is 10.8 Å². The Morgan fingerprint density at radius 3 is 2.61 bits per heavy atom. The Bertz CT molecular complexity index is 722. The van der Waals surface area contributed by atoms with Crippen LogP contribution in [0.2, 0.25) is 5.15 Å². The molecule has 2 heterocycles. The highest BCUT2D eigenvalue weighted by atomic mass is 79.9. The molecule has 7 heteroatoms. The first kappa shape index (κ1) is 11.4. The van der Waals surface area contributed by atoms with E-state index in [2.05, 4.69) is 30.9 Å². The molecule has 1 aromatic carbocycles. The highest BCUT2D eigenvalue weighted by Gasteiger charge is 2.11. The van der Waals surface area contributed by atoms with Crippen LogP contribution in [0.25, 0.3) is 16.9 Å². The zero-order valence-corrected chi connectivity index (χ0v) is 11.4. The molecule has 18 heavy (non-hydrogen) atoms. The maximum atomic E-state index is 5.97. The number of rotatable bonds is 1. The van der Waals surface area contributed by atoms with Gasteiger partial charge in [-0.15, -0.1) is 0 Å². The molecule has 0 aliphatic heterocycles. The van der Waals surface area contributed by atoms with Gasteiger partial charge in [0.25, 0.3) is 0 Å². The van der Waals surface area contributed by atoms with Crippen LogP contribution in [0.4, 0.5) is 5.95 Å². The van der Waals surface area contributed by atoms with Gasteiger partial charge in [-0.3, -0.25) is 4.57 Å². The average Bonchev–Trinajstić information content (AvgIpc) is 2.74. The number of imidazole rings is 1. The number of fused-ring (bicyclic) bond motifs is 1. The molecule has 0 amide bonds. The minimum Gasteiger partial charge on any atom is -0.368 e. The first-order valence-electron chi connectivity index (χ1n) is 5.07. The van der Waals surface area contributed by atoms with E-state index in [-0.39, 0.29) is 11.1 Å². The lowest BCUT2D eigenvalue weighted by molar-refractivity contribution is 1.06. The Kier molecular flexibility index (Phi) is 2.68. The van der Waals surface area contributed by atoms with Gasteiger partial charge in [-0.25, -0.2) is 4.98 Å². The highest BCUT2D eigenvalue weighted by molar-refractivity contribution is 9.10. The summed E-state index contributed by atoms with van der Waals surface area (Å²) in [7, 11) is 0. The van der Waals surface area contributed by atoms with E-state index in [0.717, 1.165) is 10.2 Å². The van der Waals surface area contributed by atoms with Crippen LogP contribution in [0.5, 0.6) is 0 Å². The molecule has 0 unspecified atom stereocenters. The maximum absolute atomic E-state index is 5.97. The van der Waals surface area contributed by atoms with Gasteiger partial charge < -0.3 is 5.73 Å². The van der Waals surface area contributed by atoms with Gasteiger partial charge in [0.2, 0.25) is 5.95 Å². The molecule has 90 valence electrons. The Hall–Kier alpha value is -1.66. The van der Waals surface area contributed by atoms with Crippen molar-refractivity contribution in [1.29, 1.82) is 0 Å². The lowest BCUT2D eigenvalue weighted by atomic mass is 10.3. The third kappa shape index (κ3) is 1.83. The summed E-state index contributed by atoms with van der Waals surface area (Å²) in [6.07, 6.45) is 1.65. The second kappa shape index (κ2) is 4.22. The van der Waals surface area contributed by atoms with Crippen molar-refractivity contribution in [2.75, 3.05) is 5.73 Å². The highest BCUT2D eigenvalue weighted by Crippen LogP contribution is 2.23. The molecule has 0 saturated heterocycles. The summed E-state index contributed by atoms with van der Waals surface area (Å²) in [5, 5.41) is 0.258. The third-order valence-corrected chi connectivity index (χ3v) is 3.27. The van der Waals surface area contributed by atoms with Gasteiger partial charge in [-0.2, -0.15) is 9.97 Å². The molecule has 2 aromatic heterocycles. The monoisotopic (exact) mass is 323 g/mol. The van der Waals surface area contributed by atoms with E-state index in [4.69, 9.17) is 17.3 Å². The molecule has 2 N–H and O–H groups in total. The predicted molar refractivity (Wildman–Crippen MR) is 73.8 cm³/mol. The van der Waals surface area contributed by atoms with E-state index in [1.54, 1.807) is 6.33 Å². The number of benzene rings is 1. The first-order chi connectivity index (χ1) is 8.65. The number of hydrogen-bond donors (Lipinski definition) is 1. The molecule has 0 aliphatic rings. The fraction of sp³-hybridized carbons (Fsp3) is 0. The minimum atomic E-state index is 0.131. The second-order valence-corrected chi connectivity index (χ2v) is 4.91. The van der Waals surface area contributed by atoms with Gasteiger partial charge in [0, 0.05) is 10.2 Å². The van der Waals surface area contributed by atoms with Gasteiger partial charge >= 0.3 is 0 Å². The fourth-order valence-electron chi connectivity index (χ4n) is 1.67. The maximum Gasteiger partial charge on any atom is 0.223 e. The molecule has 0 radical (unpaired) electrons. The SMILES string of the molecule is Nc1nc(Cl)c2ncn(-c3ccc(Br)cc3)c2n1. The van der Waals surface area contributed by atoms with E-state index >= 15 is 0 Å². The summed E-state index contributed by atoms with van der Waals surface area (Å²) in [5.41, 5.74) is 7.65. The third-order valence-electron chi connectivity index (χ3n) is 2.48. The van der Waals surface area contributed by atoms with Crippen molar-refractivity contribution in [3.63, 3.8) is 0 Å². The Morgan fingerprint density at radius 2 is 1.89 bits per heavy atom. The van der Waals surface area contributed by atoms with E-state index in [0.29, 0.717) is 11.2 Å². The molecule has 3 rings (SSSR count). The van der Waals surface area contributed by atoms with Crippen molar-refractivity contribution >= 4 is 44.6 Å². The van der Waals surface area contributed by atoms with Crippen molar-refractivity contribution in [3.05, 3.63) is 40.2 Å². The number of hydrogen-bond acceptors (Lipinski definition) is 4. The predicted octanol–water partition coefficient (Wildman–Crippen LogP) is 2.81. The van der Waals surface area contributed by atoms with Crippen molar-refractivity contribution in [3.8, 4) is 5.69 Å². The van der Waals surface area contributed by atoms with E-state index < -0.39 is 0 Å². The summed E-state index contributed by atoms with van der Waals surface area (Å²) in [6, 6.07) is 7.76. The fourth-order valence-corrected chi connectivity index (χ4v) is 2.16. The smallest absolute Gasteiger partial charge is 0.223 e. The van der Waals surface area contributed by atoms with Crippen molar-refractivity contribution in [2.45, 2.75) is 0 Å². The van der Waals surface area contributed by atoms with Crippen LogP contribution in [0.15, 0.2) is 35.1 Å². The van der Waals surface area contributed by atoms with Crippen LogP contribution < -0.4 is 5.73 Å². The molecular formula is C11H7BrClN5. The Labute approximate surface area is 116 Å². The van der Waals surface area contributed by atoms with E-state index in [1.165, 1.54) is 0 Å². The number of halogens is 2. The number of aromatic nitrogens is 4. The lowest BCUT2D eigenvalue weighted by Crippen LogP contribution is -1.99. The number of nitrogens with two attached hydrogens (primary N) is 1. The van der Waals surface area contributed by atoms with Gasteiger partial charge in [0.05, 0.1) is 0 Å². The summed E-state index contributed by atoms with van der Waals surface area (Å²) >= 11 is 9.36. The van der Waals surface area contributed by atoms with Crippen LogP contribution in [-0.4, -0.2) is 19.5 Å². The average molecular weight is 325 g/mol.